The van der Waals surface area contributed by atoms with Crippen molar-refractivity contribution in [2.75, 3.05) is 33.4 Å². The van der Waals surface area contributed by atoms with Crippen LogP contribution in [0.4, 0.5) is 4.79 Å². The van der Waals surface area contributed by atoms with Gasteiger partial charge in [0.05, 0.1) is 18.2 Å². The largest absolute Gasteiger partial charge is 0.415 e. The molecular formula is C33H57ClN2O4Si. The molecule has 2 aliphatic rings. The molecule has 0 radical (unpaired) electrons. The summed E-state index contributed by atoms with van der Waals surface area (Å²) in [5.74, 6) is 0.578. The van der Waals surface area contributed by atoms with E-state index >= 15 is 0 Å². The molecule has 1 aliphatic heterocycles. The topological polar surface area (TPSA) is 71.0 Å². The number of unbranched alkanes of at least 4 members (excludes halogenated alkanes) is 1. The van der Waals surface area contributed by atoms with Gasteiger partial charge < -0.3 is 24.5 Å². The summed E-state index contributed by atoms with van der Waals surface area (Å²) in [6, 6.07) is 7.58. The number of rotatable bonds is 13. The number of benzene rings is 1. The number of hydrogen-bond acceptors (Lipinski definition) is 4. The molecule has 0 aromatic heterocycles. The van der Waals surface area contributed by atoms with Gasteiger partial charge in [-0.2, -0.15) is 0 Å². The van der Waals surface area contributed by atoms with Gasteiger partial charge in [0.15, 0.2) is 8.32 Å². The number of nitrogens with one attached hydrogen (secondary N) is 1. The predicted octanol–water partition coefficient (Wildman–Crippen LogP) is 8.13. The maximum atomic E-state index is 13.8. The fraction of sp³-hybridized carbons (Fsp3) is 0.788. The van der Waals surface area contributed by atoms with Crippen molar-refractivity contribution >= 4 is 25.9 Å². The van der Waals surface area contributed by atoms with Crippen LogP contribution in [0.2, 0.25) is 23.2 Å². The molecule has 1 aliphatic carbocycles. The lowest BCUT2D eigenvalue weighted by Gasteiger charge is -2.43. The van der Waals surface area contributed by atoms with Gasteiger partial charge in [0.25, 0.3) is 0 Å². The van der Waals surface area contributed by atoms with Gasteiger partial charge in [-0.25, -0.2) is 4.79 Å². The smallest absolute Gasteiger partial charge is 0.317 e. The summed E-state index contributed by atoms with van der Waals surface area (Å²) in [5, 5.41) is 16.4. The van der Waals surface area contributed by atoms with Crippen molar-refractivity contribution < 1.29 is 19.1 Å². The Morgan fingerprint density at radius 1 is 1.15 bits per heavy atom. The Balaban J connectivity index is 1.73. The van der Waals surface area contributed by atoms with E-state index < -0.39 is 13.9 Å². The summed E-state index contributed by atoms with van der Waals surface area (Å²) in [6.07, 6.45) is 11.4. The standard InChI is InChI=1S/C33H57ClN2O4Si/c1-32(2,3)41(5,6)40-25-30(22-26-14-8-7-9-15-26)35-31(37)36-20-13-17-28(24-36)33(38,19-10-11-21-39-4)27-16-12-18-29(34)23-27/h12,16,18,23,26,28,30,38H,7-11,13-15,17,19-22,24-25H2,1-6H3,(H,35,37)/t28-,30+,33-/m1/s1. The second-order valence-corrected chi connectivity index (χ2v) is 19.4. The number of nitrogens with zero attached hydrogens (tertiary/aromatic N) is 1. The second-order valence-electron chi connectivity index (χ2n) is 14.1. The van der Waals surface area contributed by atoms with E-state index in [1.165, 1.54) is 32.1 Å². The normalized spacial score (nSPS) is 21.4. The fourth-order valence-electron chi connectivity index (χ4n) is 6.32. The van der Waals surface area contributed by atoms with Crippen LogP contribution in [0.5, 0.6) is 0 Å². The maximum absolute atomic E-state index is 13.8. The van der Waals surface area contributed by atoms with Crippen LogP contribution in [0.15, 0.2) is 24.3 Å². The molecule has 8 heteroatoms. The van der Waals surface area contributed by atoms with Crippen LogP contribution in [-0.4, -0.2) is 63.8 Å². The van der Waals surface area contributed by atoms with Gasteiger partial charge >= 0.3 is 6.03 Å². The van der Waals surface area contributed by atoms with Crippen molar-refractivity contribution in [3.8, 4) is 0 Å². The minimum absolute atomic E-state index is 0.000888. The molecule has 6 nitrogen and oxygen atoms in total. The van der Waals surface area contributed by atoms with E-state index in [4.69, 9.17) is 20.8 Å². The number of aliphatic hydroxyl groups is 1. The Morgan fingerprint density at radius 3 is 2.54 bits per heavy atom. The molecule has 2 N–H and O–H groups in total. The molecule has 0 unspecified atom stereocenters. The summed E-state index contributed by atoms with van der Waals surface area (Å²) >= 11 is 6.37. The third-order valence-corrected chi connectivity index (χ3v) is 14.7. The first-order valence-electron chi connectivity index (χ1n) is 16.0. The summed E-state index contributed by atoms with van der Waals surface area (Å²) in [5.41, 5.74) is -0.211. The molecule has 3 rings (SSSR count). The first kappa shape index (κ1) is 34.4. The van der Waals surface area contributed by atoms with E-state index in [0.29, 0.717) is 43.7 Å². The number of ether oxygens (including phenoxy) is 1. The quantitative estimate of drug-likeness (QED) is 0.175. The zero-order chi connectivity index (χ0) is 30.1. The Morgan fingerprint density at radius 2 is 1.88 bits per heavy atom. The Kier molecular flexibility index (Phi) is 13.0. The lowest BCUT2D eigenvalue weighted by molar-refractivity contribution is -0.0564. The van der Waals surface area contributed by atoms with E-state index in [1.807, 2.05) is 29.2 Å². The first-order chi connectivity index (χ1) is 19.4. The van der Waals surface area contributed by atoms with Crippen LogP contribution < -0.4 is 5.32 Å². The number of likely N-dealkylation sites (tertiary alicyclic amines) is 1. The van der Waals surface area contributed by atoms with E-state index in [1.54, 1.807) is 7.11 Å². The molecule has 0 spiro atoms. The average molecular weight is 609 g/mol. The number of carbonyl (C=O) groups excluding carboxylic acids is 1. The van der Waals surface area contributed by atoms with Crippen molar-refractivity contribution in [3.05, 3.63) is 34.9 Å². The van der Waals surface area contributed by atoms with Crippen molar-refractivity contribution in [3.63, 3.8) is 0 Å². The molecule has 1 saturated heterocycles. The minimum atomic E-state index is -1.94. The van der Waals surface area contributed by atoms with Gasteiger partial charge in [0.1, 0.15) is 0 Å². The van der Waals surface area contributed by atoms with Crippen molar-refractivity contribution in [2.45, 2.75) is 121 Å². The SMILES string of the molecule is COCCCC[C@@](O)(c1cccc(Cl)c1)[C@@H]1CCCN(C(=O)N[C@H](CO[Si](C)(C)C(C)(C)C)CC2CCCCC2)C1. The van der Waals surface area contributed by atoms with Crippen LogP contribution in [0.25, 0.3) is 0 Å². The van der Waals surface area contributed by atoms with Gasteiger partial charge in [-0.05, 0) is 80.3 Å². The van der Waals surface area contributed by atoms with Crippen molar-refractivity contribution in [2.24, 2.45) is 11.8 Å². The molecule has 3 atom stereocenters. The Hall–Kier alpha value is -1.12. The van der Waals surface area contributed by atoms with Gasteiger partial charge in [0.2, 0.25) is 0 Å². The van der Waals surface area contributed by atoms with Crippen LogP contribution in [0.3, 0.4) is 0 Å². The summed E-state index contributed by atoms with van der Waals surface area (Å²) in [4.78, 5) is 15.7. The first-order valence-corrected chi connectivity index (χ1v) is 19.3. The van der Waals surface area contributed by atoms with Crippen LogP contribution in [0, 0.1) is 11.8 Å². The Bertz CT molecular complexity index is 949. The maximum Gasteiger partial charge on any atom is 0.317 e. The molecule has 2 amide bonds. The molecule has 41 heavy (non-hydrogen) atoms. The molecule has 1 heterocycles. The summed E-state index contributed by atoms with van der Waals surface area (Å²) < 4.78 is 11.9. The number of urea groups is 1. The number of piperidine rings is 1. The highest BCUT2D eigenvalue weighted by Gasteiger charge is 2.42. The van der Waals surface area contributed by atoms with Gasteiger partial charge in [-0.3, -0.25) is 0 Å². The van der Waals surface area contributed by atoms with E-state index in [9.17, 15) is 9.90 Å². The molecule has 1 aromatic rings. The van der Waals surface area contributed by atoms with Crippen molar-refractivity contribution in [1.29, 1.82) is 0 Å². The summed E-state index contributed by atoms with van der Waals surface area (Å²) in [6.45, 7) is 13.8. The predicted molar refractivity (Wildman–Crippen MR) is 172 cm³/mol. The number of methoxy groups -OCH3 is 1. The molecule has 1 aromatic carbocycles. The molecule has 0 bridgehead atoms. The molecule has 1 saturated carbocycles. The number of hydrogen-bond donors (Lipinski definition) is 2. The number of carbonyl (C=O) groups is 1. The van der Waals surface area contributed by atoms with Gasteiger partial charge in [-0.15, -0.1) is 0 Å². The zero-order valence-corrected chi connectivity index (χ0v) is 28.4. The van der Waals surface area contributed by atoms with Crippen LogP contribution in [-0.2, 0) is 14.8 Å². The van der Waals surface area contributed by atoms with Crippen LogP contribution in [0.1, 0.15) is 97.0 Å². The third-order valence-electron chi connectivity index (χ3n) is 9.99. The molecule has 2 fully saturated rings. The van der Waals surface area contributed by atoms with E-state index in [0.717, 1.165) is 37.7 Å². The van der Waals surface area contributed by atoms with Gasteiger partial charge in [0, 0.05) is 37.7 Å². The molecule has 234 valence electrons. The zero-order valence-electron chi connectivity index (χ0n) is 26.6. The second kappa shape index (κ2) is 15.6. The van der Waals surface area contributed by atoms with Gasteiger partial charge in [-0.1, -0.05) is 76.6 Å². The third kappa shape index (κ3) is 9.95. The highest BCUT2D eigenvalue weighted by molar-refractivity contribution is 6.74. The lowest BCUT2D eigenvalue weighted by atomic mass is 9.74. The van der Waals surface area contributed by atoms with Crippen LogP contribution >= 0.6 is 11.6 Å². The highest BCUT2D eigenvalue weighted by atomic mass is 35.5. The number of amides is 2. The average Bonchev–Trinajstić information content (AvgIpc) is 2.94. The monoisotopic (exact) mass is 608 g/mol. The summed E-state index contributed by atoms with van der Waals surface area (Å²) in [7, 11) is -0.231. The molecular weight excluding hydrogens is 552 g/mol. The highest BCUT2D eigenvalue weighted by Crippen LogP contribution is 2.41. The Labute approximate surface area is 256 Å². The van der Waals surface area contributed by atoms with Crippen molar-refractivity contribution in [1.82, 2.24) is 10.2 Å². The minimum Gasteiger partial charge on any atom is -0.415 e. The fourth-order valence-corrected chi connectivity index (χ4v) is 7.56. The van der Waals surface area contributed by atoms with E-state index in [-0.39, 0.29) is 23.0 Å². The van der Waals surface area contributed by atoms with E-state index in [2.05, 4.69) is 39.2 Å². The lowest BCUT2D eigenvalue weighted by Crippen LogP contribution is -2.54. The number of halogens is 1.